The molecule has 0 aliphatic carbocycles. The second-order valence-electron chi connectivity index (χ2n) is 4.70. The third-order valence-electron chi connectivity index (χ3n) is 3.64. The molecule has 0 saturated carbocycles. The topological polar surface area (TPSA) is 53.7 Å². The number of hydrogen-bond acceptors (Lipinski definition) is 4. The van der Waals surface area contributed by atoms with E-state index in [9.17, 15) is 0 Å². The van der Waals surface area contributed by atoms with E-state index in [1.165, 1.54) is 0 Å². The van der Waals surface area contributed by atoms with Gasteiger partial charge in [0.1, 0.15) is 0 Å². The molecule has 1 aromatic carbocycles. The van der Waals surface area contributed by atoms with E-state index in [2.05, 4.69) is 0 Å². The van der Waals surface area contributed by atoms with E-state index in [4.69, 9.17) is 31.5 Å². The van der Waals surface area contributed by atoms with Crippen LogP contribution in [-0.4, -0.2) is 27.4 Å². The predicted octanol–water partition coefficient (Wildman–Crippen LogP) is 2.78. The number of benzene rings is 1. The number of hydrogen-bond donors (Lipinski definition) is 1. The van der Waals surface area contributed by atoms with Gasteiger partial charge in [-0.05, 0) is 30.4 Å². The van der Waals surface area contributed by atoms with E-state index >= 15 is 0 Å². The molecule has 0 bridgehead atoms. The third-order valence-corrected chi connectivity index (χ3v) is 3.96. The van der Waals surface area contributed by atoms with E-state index < -0.39 is 0 Å². The second kappa shape index (κ2) is 6.46. The maximum atomic E-state index is 6.35. The molecule has 1 unspecified atom stereocenters. The Morgan fingerprint density at radius 1 is 1.21 bits per heavy atom. The molecule has 1 heterocycles. The normalized spacial score (nSPS) is 18.1. The van der Waals surface area contributed by atoms with Gasteiger partial charge >= 0.3 is 0 Å². The van der Waals surface area contributed by atoms with E-state index in [1.807, 2.05) is 6.07 Å². The summed E-state index contributed by atoms with van der Waals surface area (Å²) in [5.74, 6) is 1.67. The summed E-state index contributed by atoms with van der Waals surface area (Å²) in [6.45, 7) is 1.53. The highest BCUT2D eigenvalue weighted by atomic mass is 35.5. The number of nitrogens with two attached hydrogens (primary N) is 1. The van der Waals surface area contributed by atoms with Crippen LogP contribution in [0.3, 0.4) is 0 Å². The minimum Gasteiger partial charge on any atom is -0.493 e. The van der Waals surface area contributed by atoms with Gasteiger partial charge in [0.25, 0.3) is 0 Å². The van der Waals surface area contributed by atoms with E-state index in [0.29, 0.717) is 22.4 Å². The van der Waals surface area contributed by atoms with Gasteiger partial charge in [0, 0.05) is 30.3 Å². The molecule has 19 heavy (non-hydrogen) atoms. The van der Waals surface area contributed by atoms with E-state index in [0.717, 1.165) is 31.6 Å². The van der Waals surface area contributed by atoms with Crippen molar-refractivity contribution in [2.45, 2.75) is 18.9 Å². The van der Waals surface area contributed by atoms with Crippen LogP contribution >= 0.6 is 11.6 Å². The maximum Gasteiger partial charge on any atom is 0.162 e. The van der Waals surface area contributed by atoms with Crippen LogP contribution in [0.5, 0.6) is 11.5 Å². The van der Waals surface area contributed by atoms with Crippen molar-refractivity contribution in [3.63, 3.8) is 0 Å². The van der Waals surface area contributed by atoms with Crippen molar-refractivity contribution in [3.05, 3.63) is 22.7 Å². The lowest BCUT2D eigenvalue weighted by Crippen LogP contribution is -2.27. The minimum atomic E-state index is -0.101. The van der Waals surface area contributed by atoms with Crippen LogP contribution in [-0.2, 0) is 4.74 Å². The number of ether oxygens (including phenoxy) is 3. The van der Waals surface area contributed by atoms with Crippen molar-refractivity contribution in [1.29, 1.82) is 0 Å². The molecule has 2 rings (SSSR count). The average molecular weight is 286 g/mol. The Bertz CT molecular complexity index is 433. The molecule has 0 aromatic heterocycles. The van der Waals surface area contributed by atoms with Crippen molar-refractivity contribution >= 4 is 11.6 Å². The van der Waals surface area contributed by atoms with Crippen molar-refractivity contribution in [3.8, 4) is 11.5 Å². The summed E-state index contributed by atoms with van der Waals surface area (Å²) in [6, 6.07) is 3.53. The molecule has 1 atom stereocenters. The first kappa shape index (κ1) is 14.4. The van der Waals surface area contributed by atoms with Gasteiger partial charge in [-0.25, -0.2) is 0 Å². The summed E-state index contributed by atoms with van der Waals surface area (Å²) in [7, 11) is 3.20. The lowest BCUT2D eigenvalue weighted by atomic mass is 9.87. The fourth-order valence-corrected chi connectivity index (χ4v) is 2.73. The molecule has 4 nitrogen and oxygen atoms in total. The number of halogens is 1. The standard InChI is InChI=1S/C14H20ClNO3/c1-17-12-7-10(11(15)8-13(12)18-2)14(16)9-3-5-19-6-4-9/h7-9,14H,3-6,16H2,1-2H3. The number of methoxy groups -OCH3 is 2. The molecule has 5 heteroatoms. The molecule has 1 aliphatic rings. The van der Waals surface area contributed by atoms with Crippen LogP contribution in [0.4, 0.5) is 0 Å². The Kier molecular flexibility index (Phi) is 4.91. The van der Waals surface area contributed by atoms with Crippen molar-refractivity contribution < 1.29 is 14.2 Å². The van der Waals surface area contributed by atoms with Gasteiger partial charge in [-0.1, -0.05) is 11.6 Å². The van der Waals surface area contributed by atoms with Crippen LogP contribution in [0.1, 0.15) is 24.4 Å². The highest BCUT2D eigenvalue weighted by Crippen LogP contribution is 2.38. The molecule has 1 aliphatic heterocycles. The van der Waals surface area contributed by atoms with E-state index in [1.54, 1.807) is 20.3 Å². The predicted molar refractivity (Wildman–Crippen MR) is 75.0 cm³/mol. The summed E-state index contributed by atoms with van der Waals surface area (Å²) >= 11 is 6.30. The quantitative estimate of drug-likeness (QED) is 0.924. The zero-order chi connectivity index (χ0) is 13.8. The molecule has 2 N–H and O–H groups in total. The molecular formula is C14H20ClNO3. The summed E-state index contributed by atoms with van der Waals surface area (Å²) in [4.78, 5) is 0. The molecule has 0 spiro atoms. The van der Waals surface area contributed by atoms with Gasteiger partial charge in [0.15, 0.2) is 11.5 Å². The lowest BCUT2D eigenvalue weighted by Gasteiger charge is -2.28. The van der Waals surface area contributed by atoms with Gasteiger partial charge in [-0.2, -0.15) is 0 Å². The molecule has 1 aromatic rings. The van der Waals surface area contributed by atoms with Crippen LogP contribution in [0.15, 0.2) is 12.1 Å². The highest BCUT2D eigenvalue weighted by molar-refractivity contribution is 6.31. The summed E-state index contributed by atoms with van der Waals surface area (Å²) < 4.78 is 15.9. The van der Waals surface area contributed by atoms with Crippen molar-refractivity contribution in [2.24, 2.45) is 11.7 Å². The summed E-state index contributed by atoms with van der Waals surface area (Å²) in [5, 5.41) is 0.622. The molecule has 106 valence electrons. The molecule has 0 radical (unpaired) electrons. The fraction of sp³-hybridized carbons (Fsp3) is 0.571. The second-order valence-corrected chi connectivity index (χ2v) is 5.11. The van der Waals surface area contributed by atoms with Crippen LogP contribution in [0.2, 0.25) is 5.02 Å². The van der Waals surface area contributed by atoms with Gasteiger partial charge in [0.2, 0.25) is 0 Å². The van der Waals surface area contributed by atoms with Crippen molar-refractivity contribution in [2.75, 3.05) is 27.4 Å². The lowest BCUT2D eigenvalue weighted by molar-refractivity contribution is 0.0583. The van der Waals surface area contributed by atoms with Gasteiger partial charge < -0.3 is 19.9 Å². The molecule has 0 amide bonds. The third kappa shape index (κ3) is 3.14. The Labute approximate surface area is 118 Å². The van der Waals surface area contributed by atoms with Crippen LogP contribution in [0, 0.1) is 5.92 Å². The van der Waals surface area contributed by atoms with Gasteiger partial charge in [0.05, 0.1) is 14.2 Å². The Balaban J connectivity index is 2.27. The van der Waals surface area contributed by atoms with E-state index in [-0.39, 0.29) is 6.04 Å². The van der Waals surface area contributed by atoms with Gasteiger partial charge in [-0.3, -0.25) is 0 Å². The molecule has 1 fully saturated rings. The summed E-state index contributed by atoms with van der Waals surface area (Å²) in [5.41, 5.74) is 7.26. The van der Waals surface area contributed by atoms with Crippen molar-refractivity contribution in [1.82, 2.24) is 0 Å². The zero-order valence-electron chi connectivity index (χ0n) is 11.3. The van der Waals surface area contributed by atoms with Gasteiger partial charge in [-0.15, -0.1) is 0 Å². The Morgan fingerprint density at radius 3 is 2.37 bits per heavy atom. The first-order valence-corrected chi connectivity index (χ1v) is 6.80. The summed E-state index contributed by atoms with van der Waals surface area (Å²) in [6.07, 6.45) is 1.93. The monoisotopic (exact) mass is 285 g/mol. The highest BCUT2D eigenvalue weighted by Gasteiger charge is 2.25. The maximum absolute atomic E-state index is 6.35. The first-order chi connectivity index (χ1) is 9.17. The molecule has 1 saturated heterocycles. The average Bonchev–Trinajstić information content (AvgIpc) is 2.47. The fourth-order valence-electron chi connectivity index (χ4n) is 2.45. The molecular weight excluding hydrogens is 266 g/mol. The van der Waals surface area contributed by atoms with Crippen LogP contribution < -0.4 is 15.2 Å². The minimum absolute atomic E-state index is 0.101. The Morgan fingerprint density at radius 2 is 1.79 bits per heavy atom. The smallest absolute Gasteiger partial charge is 0.162 e. The number of rotatable bonds is 4. The van der Waals surface area contributed by atoms with Crippen LogP contribution in [0.25, 0.3) is 0 Å². The zero-order valence-corrected chi connectivity index (χ0v) is 12.1. The largest absolute Gasteiger partial charge is 0.493 e. The SMILES string of the molecule is COc1cc(Cl)c(C(N)C2CCOCC2)cc1OC. The first-order valence-electron chi connectivity index (χ1n) is 6.42. The Hall–Kier alpha value is -0.970.